The first-order valence-electron chi connectivity index (χ1n) is 5.89. The number of aromatic nitrogens is 4. The van der Waals surface area contributed by atoms with Crippen molar-refractivity contribution in [1.29, 1.82) is 0 Å². The van der Waals surface area contributed by atoms with Gasteiger partial charge in [0.25, 0.3) is 0 Å². The van der Waals surface area contributed by atoms with Crippen LogP contribution in [0, 0.1) is 6.92 Å². The van der Waals surface area contributed by atoms with Crippen LogP contribution < -0.4 is 5.32 Å². The molecule has 0 saturated heterocycles. The number of hydrogen-bond donors (Lipinski definition) is 1. The van der Waals surface area contributed by atoms with Gasteiger partial charge in [0.15, 0.2) is 5.82 Å². The third-order valence-corrected chi connectivity index (χ3v) is 3.68. The molecule has 2 aromatic heterocycles. The van der Waals surface area contributed by atoms with E-state index >= 15 is 0 Å². The second-order valence-corrected chi connectivity index (χ2v) is 5.02. The fourth-order valence-corrected chi connectivity index (χ4v) is 2.31. The smallest absolute Gasteiger partial charge is 0.203 e. The van der Waals surface area contributed by atoms with E-state index in [1.165, 1.54) is 5.56 Å². The molecule has 19 heavy (non-hydrogen) atoms. The summed E-state index contributed by atoms with van der Waals surface area (Å²) in [6.07, 6.45) is 3.60. The predicted octanol–water partition coefficient (Wildman–Crippen LogP) is 2.81. The van der Waals surface area contributed by atoms with Crippen LogP contribution in [0.3, 0.4) is 0 Å². The molecule has 1 N–H and O–H groups in total. The highest BCUT2D eigenvalue weighted by Gasteiger charge is 2.07. The summed E-state index contributed by atoms with van der Waals surface area (Å²) < 4.78 is 2.99. The summed E-state index contributed by atoms with van der Waals surface area (Å²) in [7, 11) is 0. The topological polar surface area (TPSA) is 55.1 Å². The summed E-state index contributed by atoms with van der Waals surface area (Å²) in [5.74, 6) is 1.58. The third kappa shape index (κ3) is 2.31. The van der Waals surface area contributed by atoms with E-state index in [0.29, 0.717) is 6.54 Å². The molecule has 1 aromatic carbocycles. The van der Waals surface area contributed by atoms with Gasteiger partial charge in [0.05, 0.1) is 0 Å². The molecule has 3 aromatic rings. The Morgan fingerprint density at radius 1 is 1.26 bits per heavy atom. The summed E-state index contributed by atoms with van der Waals surface area (Å²) in [5, 5.41) is 11.5. The monoisotopic (exact) mass is 317 g/mol. The second kappa shape index (κ2) is 4.97. The van der Waals surface area contributed by atoms with Crippen molar-refractivity contribution in [3.63, 3.8) is 0 Å². The van der Waals surface area contributed by atoms with Crippen molar-refractivity contribution in [3.8, 4) is 0 Å². The summed E-state index contributed by atoms with van der Waals surface area (Å²) in [6, 6.07) is 8.09. The van der Waals surface area contributed by atoms with Gasteiger partial charge in [-0.05, 0) is 18.6 Å². The Labute approximate surface area is 118 Å². The molecular formula is C13H12BrN5. The summed E-state index contributed by atoms with van der Waals surface area (Å²) in [4.78, 5) is 4.32. The van der Waals surface area contributed by atoms with Crippen LogP contribution in [-0.2, 0) is 6.54 Å². The lowest BCUT2D eigenvalue weighted by Crippen LogP contribution is -2.04. The standard InChI is InChI=1S/C13H12BrN5/c1-9-17-18-13-12(15-6-7-19(9)13)16-8-10-4-2-3-5-11(10)14/h2-7H,8H2,1H3,(H,15,16). The number of fused-ring (bicyclic) bond motifs is 1. The van der Waals surface area contributed by atoms with Crippen LogP contribution >= 0.6 is 15.9 Å². The summed E-state index contributed by atoms with van der Waals surface area (Å²) in [5.41, 5.74) is 1.91. The zero-order valence-electron chi connectivity index (χ0n) is 10.3. The first-order chi connectivity index (χ1) is 9.25. The van der Waals surface area contributed by atoms with Crippen molar-refractivity contribution in [2.75, 3.05) is 5.32 Å². The Morgan fingerprint density at radius 3 is 2.95 bits per heavy atom. The van der Waals surface area contributed by atoms with Gasteiger partial charge < -0.3 is 5.32 Å². The quantitative estimate of drug-likeness (QED) is 0.807. The molecule has 0 amide bonds. The molecule has 0 aliphatic rings. The summed E-state index contributed by atoms with van der Waals surface area (Å²) >= 11 is 3.53. The molecule has 0 fully saturated rings. The fourth-order valence-electron chi connectivity index (χ4n) is 1.89. The van der Waals surface area contributed by atoms with Crippen LogP contribution in [0.25, 0.3) is 5.65 Å². The lowest BCUT2D eigenvalue weighted by Gasteiger charge is -2.07. The number of nitrogens with zero attached hydrogens (tertiary/aromatic N) is 4. The van der Waals surface area contributed by atoms with Gasteiger partial charge in [0.1, 0.15) is 5.82 Å². The van der Waals surface area contributed by atoms with Crippen molar-refractivity contribution < 1.29 is 0 Å². The first-order valence-corrected chi connectivity index (χ1v) is 6.68. The van der Waals surface area contributed by atoms with Gasteiger partial charge in [0.2, 0.25) is 5.65 Å². The molecule has 0 saturated carbocycles. The van der Waals surface area contributed by atoms with Gasteiger partial charge in [-0.2, -0.15) is 0 Å². The lowest BCUT2D eigenvalue weighted by atomic mass is 10.2. The highest BCUT2D eigenvalue weighted by atomic mass is 79.9. The normalized spacial score (nSPS) is 10.8. The number of nitrogens with one attached hydrogen (secondary N) is 1. The van der Waals surface area contributed by atoms with Gasteiger partial charge >= 0.3 is 0 Å². The maximum Gasteiger partial charge on any atom is 0.203 e. The first kappa shape index (κ1) is 12.1. The zero-order chi connectivity index (χ0) is 13.2. The van der Waals surface area contributed by atoms with E-state index in [9.17, 15) is 0 Å². The highest BCUT2D eigenvalue weighted by molar-refractivity contribution is 9.10. The Morgan fingerprint density at radius 2 is 2.11 bits per heavy atom. The molecule has 0 atom stereocenters. The van der Waals surface area contributed by atoms with Crippen LogP contribution in [0.4, 0.5) is 5.82 Å². The van der Waals surface area contributed by atoms with Crippen LogP contribution in [0.5, 0.6) is 0 Å². The van der Waals surface area contributed by atoms with Gasteiger partial charge in [-0.1, -0.05) is 34.1 Å². The van der Waals surface area contributed by atoms with Crippen LogP contribution in [-0.4, -0.2) is 19.6 Å². The molecular weight excluding hydrogens is 306 g/mol. The molecule has 0 bridgehead atoms. The number of anilines is 1. The van der Waals surface area contributed by atoms with Crippen molar-refractivity contribution in [2.45, 2.75) is 13.5 Å². The molecule has 96 valence electrons. The van der Waals surface area contributed by atoms with Crippen LogP contribution in [0.1, 0.15) is 11.4 Å². The molecule has 0 radical (unpaired) electrons. The van der Waals surface area contributed by atoms with Crippen molar-refractivity contribution in [3.05, 3.63) is 52.5 Å². The van der Waals surface area contributed by atoms with E-state index in [4.69, 9.17) is 0 Å². The molecule has 2 heterocycles. The molecule has 5 nitrogen and oxygen atoms in total. The minimum Gasteiger partial charge on any atom is -0.363 e. The van der Waals surface area contributed by atoms with Crippen molar-refractivity contribution in [2.24, 2.45) is 0 Å². The van der Waals surface area contributed by atoms with E-state index in [-0.39, 0.29) is 0 Å². The number of rotatable bonds is 3. The maximum atomic E-state index is 4.32. The van der Waals surface area contributed by atoms with E-state index in [0.717, 1.165) is 21.8 Å². The lowest BCUT2D eigenvalue weighted by molar-refractivity contribution is 1.000. The molecule has 0 unspecified atom stereocenters. The molecule has 6 heteroatoms. The maximum absolute atomic E-state index is 4.32. The predicted molar refractivity (Wildman–Crippen MR) is 77.0 cm³/mol. The largest absolute Gasteiger partial charge is 0.363 e. The fraction of sp³-hybridized carbons (Fsp3) is 0.154. The highest BCUT2D eigenvalue weighted by Crippen LogP contribution is 2.18. The van der Waals surface area contributed by atoms with E-state index in [2.05, 4.69) is 42.5 Å². The van der Waals surface area contributed by atoms with Crippen LogP contribution in [0.15, 0.2) is 41.1 Å². The minimum atomic E-state index is 0.681. The number of hydrogen-bond acceptors (Lipinski definition) is 4. The Balaban J connectivity index is 1.88. The van der Waals surface area contributed by atoms with Gasteiger partial charge in [-0.3, -0.25) is 4.40 Å². The summed E-state index contributed by atoms with van der Waals surface area (Å²) in [6.45, 7) is 2.59. The second-order valence-electron chi connectivity index (χ2n) is 4.16. The van der Waals surface area contributed by atoms with E-state index < -0.39 is 0 Å². The number of halogens is 1. The van der Waals surface area contributed by atoms with Crippen molar-refractivity contribution in [1.82, 2.24) is 19.6 Å². The minimum absolute atomic E-state index is 0.681. The molecule has 3 rings (SSSR count). The number of benzene rings is 1. The Hall–Kier alpha value is -1.95. The third-order valence-electron chi connectivity index (χ3n) is 2.90. The number of aryl methyl sites for hydroxylation is 1. The van der Waals surface area contributed by atoms with Crippen LogP contribution in [0.2, 0.25) is 0 Å². The Bertz CT molecular complexity index is 722. The average Bonchev–Trinajstić information content (AvgIpc) is 2.81. The molecule has 0 aliphatic heterocycles. The molecule has 0 spiro atoms. The Kier molecular flexibility index (Phi) is 3.16. The van der Waals surface area contributed by atoms with Gasteiger partial charge in [-0.15, -0.1) is 10.2 Å². The van der Waals surface area contributed by atoms with E-state index in [1.807, 2.05) is 35.7 Å². The van der Waals surface area contributed by atoms with Gasteiger partial charge in [-0.25, -0.2) is 4.98 Å². The average molecular weight is 318 g/mol. The van der Waals surface area contributed by atoms with Gasteiger partial charge in [0, 0.05) is 23.4 Å². The molecule has 0 aliphatic carbocycles. The zero-order valence-corrected chi connectivity index (χ0v) is 11.9. The van der Waals surface area contributed by atoms with E-state index in [1.54, 1.807) is 6.20 Å². The SMILES string of the molecule is Cc1nnc2c(NCc3ccccc3Br)nccn12. The van der Waals surface area contributed by atoms with Crippen molar-refractivity contribution >= 4 is 27.4 Å².